The molecule has 6 rings (SSSR count). The lowest BCUT2D eigenvalue weighted by Gasteiger charge is -2.35. The van der Waals surface area contributed by atoms with Gasteiger partial charge in [0.2, 0.25) is 5.91 Å². The summed E-state index contributed by atoms with van der Waals surface area (Å²) >= 11 is 0. The Morgan fingerprint density at radius 3 is 2.65 bits per heavy atom. The number of Topliss-reactive ketones (excluding diaryl/α,β-unsaturated/α-hetero) is 1. The van der Waals surface area contributed by atoms with Crippen LogP contribution in [0.3, 0.4) is 0 Å². The maximum Gasteiger partial charge on any atom is 0.225 e. The third-order valence-corrected chi connectivity index (χ3v) is 9.34. The van der Waals surface area contributed by atoms with E-state index in [2.05, 4.69) is 28.7 Å². The van der Waals surface area contributed by atoms with Crippen molar-refractivity contribution in [3.05, 3.63) is 64.5 Å². The molecule has 0 N–H and O–H groups in total. The molecular weight excluding hydrogens is 460 g/mol. The lowest BCUT2D eigenvalue weighted by atomic mass is 9.85. The van der Waals surface area contributed by atoms with Gasteiger partial charge in [-0.05, 0) is 85.6 Å². The van der Waals surface area contributed by atoms with Crippen molar-refractivity contribution >= 4 is 22.7 Å². The Bertz CT molecular complexity index is 1420. The van der Waals surface area contributed by atoms with Crippen molar-refractivity contribution in [3.8, 4) is 6.07 Å². The molecule has 2 aliphatic carbocycles. The van der Waals surface area contributed by atoms with Gasteiger partial charge in [-0.1, -0.05) is 18.6 Å². The lowest BCUT2D eigenvalue weighted by Crippen LogP contribution is -2.42. The van der Waals surface area contributed by atoms with Gasteiger partial charge < -0.3 is 9.47 Å². The molecular formula is C31H34N4O2. The Labute approximate surface area is 218 Å². The summed E-state index contributed by atoms with van der Waals surface area (Å²) < 4.78 is 2.09. The highest BCUT2D eigenvalue weighted by Crippen LogP contribution is 2.49. The molecule has 0 spiro atoms. The lowest BCUT2D eigenvalue weighted by molar-refractivity contribution is -0.138. The summed E-state index contributed by atoms with van der Waals surface area (Å²) in [7, 11) is 2.03. The SMILES string of the molecule is Cc1c(CC(=O)c2cccc(C#N)c2)cnc2c1c(C1CCN(C(=O)C3C[C@H]4CCC3C4)CC1)cn2C. The summed E-state index contributed by atoms with van der Waals surface area (Å²) in [6.07, 6.45) is 11.2. The summed E-state index contributed by atoms with van der Waals surface area (Å²) in [4.78, 5) is 33.2. The van der Waals surface area contributed by atoms with E-state index < -0.39 is 0 Å². The second-order valence-electron chi connectivity index (χ2n) is 11.5. The number of nitriles is 1. The summed E-state index contributed by atoms with van der Waals surface area (Å²) in [5, 5.41) is 10.3. The average Bonchev–Trinajstić information content (AvgIpc) is 3.65. The van der Waals surface area contributed by atoms with Crippen LogP contribution in [-0.4, -0.2) is 39.2 Å². The number of benzene rings is 1. The van der Waals surface area contributed by atoms with Crippen LogP contribution in [0.2, 0.25) is 0 Å². The smallest absolute Gasteiger partial charge is 0.225 e. The van der Waals surface area contributed by atoms with Crippen LogP contribution in [0.4, 0.5) is 0 Å². The van der Waals surface area contributed by atoms with Crippen molar-refractivity contribution < 1.29 is 9.59 Å². The van der Waals surface area contributed by atoms with Gasteiger partial charge in [-0.15, -0.1) is 0 Å². The van der Waals surface area contributed by atoms with Gasteiger partial charge in [0.05, 0.1) is 11.6 Å². The third-order valence-electron chi connectivity index (χ3n) is 9.34. The van der Waals surface area contributed by atoms with Gasteiger partial charge in [0.1, 0.15) is 5.65 Å². The number of hydrogen-bond acceptors (Lipinski definition) is 4. The van der Waals surface area contributed by atoms with Gasteiger partial charge in [0, 0.05) is 55.8 Å². The van der Waals surface area contributed by atoms with E-state index in [0.717, 1.165) is 60.4 Å². The van der Waals surface area contributed by atoms with Crippen LogP contribution in [0.5, 0.6) is 0 Å². The number of ketones is 1. The van der Waals surface area contributed by atoms with Gasteiger partial charge in [0.15, 0.2) is 5.78 Å². The number of nitrogens with zero attached hydrogens (tertiary/aromatic N) is 4. The Balaban J connectivity index is 1.21. The van der Waals surface area contributed by atoms with Gasteiger partial charge in [-0.25, -0.2) is 4.98 Å². The van der Waals surface area contributed by atoms with Crippen LogP contribution in [0.25, 0.3) is 11.0 Å². The number of fused-ring (bicyclic) bond motifs is 3. The predicted octanol–water partition coefficient (Wildman–Crippen LogP) is 5.32. The quantitative estimate of drug-likeness (QED) is 0.450. The number of pyridine rings is 1. The van der Waals surface area contributed by atoms with Gasteiger partial charge in [-0.3, -0.25) is 9.59 Å². The van der Waals surface area contributed by atoms with Crippen LogP contribution in [0.15, 0.2) is 36.7 Å². The number of aryl methyl sites for hydroxylation is 2. The maximum atomic E-state index is 13.3. The topological polar surface area (TPSA) is 79.0 Å². The molecule has 1 amide bonds. The number of likely N-dealkylation sites (tertiary alicyclic amines) is 1. The fourth-order valence-electron chi connectivity index (χ4n) is 7.29. The van der Waals surface area contributed by atoms with Crippen molar-refractivity contribution in [2.75, 3.05) is 13.1 Å². The van der Waals surface area contributed by atoms with E-state index in [1.807, 2.05) is 13.2 Å². The number of rotatable bonds is 5. The zero-order chi connectivity index (χ0) is 25.7. The Kier molecular flexibility index (Phi) is 6.10. The molecule has 190 valence electrons. The molecule has 6 heteroatoms. The molecule has 3 heterocycles. The van der Waals surface area contributed by atoms with E-state index in [4.69, 9.17) is 4.98 Å². The van der Waals surface area contributed by atoms with E-state index in [1.165, 1.54) is 24.8 Å². The van der Waals surface area contributed by atoms with Crippen LogP contribution in [0, 0.1) is 36.0 Å². The molecule has 3 fully saturated rings. The fourth-order valence-corrected chi connectivity index (χ4v) is 7.29. The normalized spacial score (nSPS) is 23.5. The highest BCUT2D eigenvalue weighted by Gasteiger charge is 2.44. The standard InChI is InChI=1S/C31H34N4O2/c1-19-25(15-28(36)24-5-3-4-21(13-24)16-32)17-33-30-29(19)27(18-34(30)2)22-8-10-35(11-9-22)31(37)26-14-20-6-7-23(26)12-20/h3-5,13,17-18,20,22-23,26H,6-12,14-15H2,1-2H3/t20-,23?,26?/m0/s1. The Morgan fingerprint density at radius 1 is 1.14 bits per heavy atom. The third kappa shape index (κ3) is 4.25. The van der Waals surface area contributed by atoms with Gasteiger partial charge in [0.25, 0.3) is 0 Å². The molecule has 6 nitrogen and oxygen atoms in total. The zero-order valence-corrected chi connectivity index (χ0v) is 21.7. The molecule has 2 aromatic heterocycles. The second kappa shape index (κ2) is 9.45. The first-order chi connectivity index (χ1) is 17.9. The minimum atomic E-state index is -0.00809. The minimum absolute atomic E-state index is 0.00809. The van der Waals surface area contributed by atoms with E-state index in [-0.39, 0.29) is 18.1 Å². The molecule has 2 unspecified atom stereocenters. The molecule has 3 atom stereocenters. The predicted molar refractivity (Wildman–Crippen MR) is 142 cm³/mol. The molecule has 2 bridgehead atoms. The van der Waals surface area contributed by atoms with Crippen LogP contribution in [0.1, 0.15) is 77.1 Å². The summed E-state index contributed by atoms with van der Waals surface area (Å²) in [6, 6.07) is 9.00. The second-order valence-corrected chi connectivity index (χ2v) is 11.5. The average molecular weight is 495 g/mol. The zero-order valence-electron chi connectivity index (χ0n) is 21.7. The van der Waals surface area contributed by atoms with E-state index in [9.17, 15) is 14.9 Å². The minimum Gasteiger partial charge on any atom is -0.342 e. The van der Waals surface area contributed by atoms with E-state index in [1.54, 1.807) is 24.3 Å². The van der Waals surface area contributed by atoms with Crippen LogP contribution in [-0.2, 0) is 18.3 Å². The van der Waals surface area contributed by atoms with Crippen LogP contribution < -0.4 is 0 Å². The summed E-state index contributed by atoms with van der Waals surface area (Å²) in [5.41, 5.74) is 5.30. The first-order valence-electron chi connectivity index (χ1n) is 13.7. The summed E-state index contributed by atoms with van der Waals surface area (Å²) in [5.74, 6) is 2.47. The monoisotopic (exact) mass is 494 g/mol. The molecule has 2 saturated carbocycles. The van der Waals surface area contributed by atoms with Gasteiger partial charge >= 0.3 is 0 Å². The maximum absolute atomic E-state index is 13.3. The Morgan fingerprint density at radius 2 is 1.95 bits per heavy atom. The van der Waals surface area contributed by atoms with Gasteiger partial charge in [-0.2, -0.15) is 5.26 Å². The molecule has 37 heavy (non-hydrogen) atoms. The molecule has 3 aliphatic rings. The van der Waals surface area contributed by atoms with Crippen LogP contribution >= 0.6 is 0 Å². The first-order valence-corrected chi connectivity index (χ1v) is 13.7. The summed E-state index contributed by atoms with van der Waals surface area (Å²) in [6.45, 7) is 3.75. The number of aromatic nitrogens is 2. The van der Waals surface area contributed by atoms with Crippen molar-refractivity contribution in [3.63, 3.8) is 0 Å². The fraction of sp³-hybridized carbons (Fsp3) is 0.484. The Hall–Kier alpha value is -3.46. The first kappa shape index (κ1) is 23.9. The molecule has 1 saturated heterocycles. The number of piperidine rings is 1. The van der Waals surface area contributed by atoms with E-state index in [0.29, 0.717) is 28.9 Å². The van der Waals surface area contributed by atoms with Crippen molar-refractivity contribution in [1.82, 2.24) is 14.5 Å². The highest BCUT2D eigenvalue weighted by atomic mass is 16.2. The number of hydrogen-bond donors (Lipinski definition) is 0. The number of amides is 1. The number of carbonyl (C=O) groups excluding carboxylic acids is 2. The molecule has 1 aromatic carbocycles. The largest absolute Gasteiger partial charge is 0.342 e. The molecule has 0 radical (unpaired) electrons. The van der Waals surface area contributed by atoms with Crippen molar-refractivity contribution in [1.29, 1.82) is 5.26 Å². The van der Waals surface area contributed by atoms with Crippen molar-refractivity contribution in [2.45, 2.75) is 57.8 Å². The number of carbonyl (C=O) groups is 2. The van der Waals surface area contributed by atoms with E-state index >= 15 is 0 Å². The van der Waals surface area contributed by atoms with Crippen molar-refractivity contribution in [2.24, 2.45) is 24.8 Å². The molecule has 1 aliphatic heterocycles. The molecule has 3 aromatic rings. The highest BCUT2D eigenvalue weighted by molar-refractivity contribution is 5.98.